The summed E-state index contributed by atoms with van der Waals surface area (Å²) < 4.78 is 27.0. The third kappa shape index (κ3) is 3.95. The zero-order chi connectivity index (χ0) is 18.2. The Morgan fingerprint density at radius 1 is 1.24 bits per heavy atom. The van der Waals surface area contributed by atoms with Gasteiger partial charge in [-0.1, -0.05) is 6.92 Å². The van der Waals surface area contributed by atoms with E-state index in [-0.39, 0.29) is 16.6 Å². The molecular formula is C17H25N3O4S. The second-order valence-electron chi connectivity index (χ2n) is 7.29. The summed E-state index contributed by atoms with van der Waals surface area (Å²) in [6, 6.07) is 4.33. The molecule has 1 atom stereocenters. The number of nitrogens with one attached hydrogen (secondary N) is 1. The average molecular weight is 367 g/mol. The molecule has 1 N–H and O–H groups in total. The molecule has 1 saturated heterocycles. The van der Waals surface area contributed by atoms with E-state index in [9.17, 15) is 18.5 Å². The third-order valence-corrected chi connectivity index (χ3v) is 7.15. The molecule has 1 saturated carbocycles. The van der Waals surface area contributed by atoms with Gasteiger partial charge in [0.15, 0.2) is 0 Å². The minimum Gasteiger partial charge on any atom is -0.377 e. The van der Waals surface area contributed by atoms with Crippen molar-refractivity contribution in [3.8, 4) is 0 Å². The van der Waals surface area contributed by atoms with Crippen LogP contribution in [0, 0.1) is 22.0 Å². The minimum atomic E-state index is -3.69. The number of hydrogen-bond donors (Lipinski definition) is 1. The van der Waals surface area contributed by atoms with E-state index in [1.807, 2.05) is 6.92 Å². The number of nitrogens with zero attached hydrogens (tertiary/aromatic N) is 2. The maximum Gasteiger partial charge on any atom is 0.293 e. The van der Waals surface area contributed by atoms with Gasteiger partial charge in [-0.25, -0.2) is 8.42 Å². The Hall–Kier alpha value is -1.67. The predicted octanol–water partition coefficient (Wildman–Crippen LogP) is 3.23. The normalized spacial score (nSPS) is 21.0. The summed E-state index contributed by atoms with van der Waals surface area (Å²) in [7, 11) is -3.69. The van der Waals surface area contributed by atoms with Crippen LogP contribution in [0.5, 0.6) is 0 Å². The lowest BCUT2D eigenvalue weighted by molar-refractivity contribution is -0.384. The van der Waals surface area contributed by atoms with E-state index in [0.717, 1.165) is 25.7 Å². The molecule has 2 aliphatic rings. The first kappa shape index (κ1) is 18.1. The molecule has 1 aromatic rings. The fourth-order valence-corrected chi connectivity index (χ4v) is 4.77. The Kier molecular flexibility index (Phi) is 5.02. The van der Waals surface area contributed by atoms with Crippen LogP contribution in [0.4, 0.5) is 11.4 Å². The van der Waals surface area contributed by atoms with Gasteiger partial charge in [-0.2, -0.15) is 4.31 Å². The zero-order valence-corrected chi connectivity index (χ0v) is 15.5. The Labute approximate surface area is 148 Å². The Morgan fingerprint density at radius 2 is 1.88 bits per heavy atom. The van der Waals surface area contributed by atoms with Crippen LogP contribution in [0.25, 0.3) is 0 Å². The summed E-state index contributed by atoms with van der Waals surface area (Å²) in [6.45, 7) is 5.04. The molecule has 0 radical (unpaired) electrons. The van der Waals surface area contributed by atoms with Crippen LogP contribution in [0.2, 0.25) is 0 Å². The van der Waals surface area contributed by atoms with E-state index in [0.29, 0.717) is 30.6 Å². The Balaban J connectivity index is 1.86. The maximum atomic E-state index is 12.8. The first-order valence-electron chi connectivity index (χ1n) is 8.84. The Bertz CT molecular complexity index is 753. The van der Waals surface area contributed by atoms with Gasteiger partial charge in [-0.15, -0.1) is 0 Å². The average Bonchev–Trinajstić information content (AvgIpc) is 3.40. The molecular weight excluding hydrogens is 342 g/mol. The molecule has 0 unspecified atom stereocenters. The molecule has 8 heteroatoms. The summed E-state index contributed by atoms with van der Waals surface area (Å²) >= 11 is 0. The van der Waals surface area contributed by atoms with Gasteiger partial charge < -0.3 is 5.32 Å². The van der Waals surface area contributed by atoms with Crippen molar-refractivity contribution in [1.82, 2.24) is 4.31 Å². The molecule has 0 amide bonds. The minimum absolute atomic E-state index is 0.00150. The van der Waals surface area contributed by atoms with Crippen molar-refractivity contribution in [2.75, 3.05) is 18.4 Å². The molecule has 1 aliphatic carbocycles. The van der Waals surface area contributed by atoms with Gasteiger partial charge in [-0.05, 0) is 56.6 Å². The van der Waals surface area contributed by atoms with E-state index in [4.69, 9.17) is 0 Å². The van der Waals surface area contributed by atoms with Crippen LogP contribution >= 0.6 is 0 Å². The summed E-state index contributed by atoms with van der Waals surface area (Å²) in [5.74, 6) is 1.05. The second kappa shape index (κ2) is 6.92. The van der Waals surface area contributed by atoms with Crippen molar-refractivity contribution in [2.45, 2.75) is 50.5 Å². The highest BCUT2D eigenvalue weighted by atomic mass is 32.2. The van der Waals surface area contributed by atoms with Gasteiger partial charge in [-0.3, -0.25) is 10.1 Å². The van der Waals surface area contributed by atoms with Crippen molar-refractivity contribution in [1.29, 1.82) is 0 Å². The summed E-state index contributed by atoms with van der Waals surface area (Å²) in [5, 5.41) is 14.6. The quantitative estimate of drug-likeness (QED) is 0.615. The molecule has 0 bridgehead atoms. The first-order valence-corrected chi connectivity index (χ1v) is 10.3. The highest BCUT2D eigenvalue weighted by Crippen LogP contribution is 2.36. The number of anilines is 1. The van der Waals surface area contributed by atoms with Crippen molar-refractivity contribution in [3.63, 3.8) is 0 Å². The molecule has 3 rings (SSSR count). The number of benzene rings is 1. The van der Waals surface area contributed by atoms with E-state index in [1.165, 1.54) is 22.5 Å². The summed E-state index contributed by atoms with van der Waals surface area (Å²) in [5.41, 5.74) is 0.203. The van der Waals surface area contributed by atoms with Gasteiger partial charge in [0.1, 0.15) is 5.69 Å². The molecule has 1 heterocycles. The zero-order valence-electron chi connectivity index (χ0n) is 14.6. The highest BCUT2D eigenvalue weighted by molar-refractivity contribution is 7.89. The predicted molar refractivity (Wildman–Crippen MR) is 96.1 cm³/mol. The first-order chi connectivity index (χ1) is 11.8. The molecule has 1 aliphatic heterocycles. The number of piperidine rings is 1. The van der Waals surface area contributed by atoms with E-state index < -0.39 is 14.9 Å². The van der Waals surface area contributed by atoms with Gasteiger partial charge >= 0.3 is 0 Å². The van der Waals surface area contributed by atoms with E-state index >= 15 is 0 Å². The third-order valence-electron chi connectivity index (χ3n) is 5.26. The molecule has 138 valence electrons. The van der Waals surface area contributed by atoms with Gasteiger partial charge in [0, 0.05) is 25.2 Å². The molecule has 25 heavy (non-hydrogen) atoms. The van der Waals surface area contributed by atoms with Crippen LogP contribution in [0.1, 0.15) is 39.5 Å². The Morgan fingerprint density at radius 3 is 2.44 bits per heavy atom. The fourth-order valence-electron chi connectivity index (χ4n) is 3.28. The van der Waals surface area contributed by atoms with Crippen LogP contribution in [-0.4, -0.2) is 36.8 Å². The van der Waals surface area contributed by atoms with Crippen molar-refractivity contribution in [2.24, 2.45) is 11.8 Å². The van der Waals surface area contributed by atoms with Gasteiger partial charge in [0.25, 0.3) is 5.69 Å². The fraction of sp³-hybridized carbons (Fsp3) is 0.647. The summed E-state index contributed by atoms with van der Waals surface area (Å²) in [4.78, 5) is 10.9. The van der Waals surface area contributed by atoms with Gasteiger partial charge in [0.2, 0.25) is 10.0 Å². The second-order valence-corrected chi connectivity index (χ2v) is 9.23. The number of hydrogen-bond acceptors (Lipinski definition) is 5. The van der Waals surface area contributed by atoms with Crippen LogP contribution < -0.4 is 5.32 Å². The number of nitro groups is 1. The number of rotatable bonds is 6. The van der Waals surface area contributed by atoms with Crippen molar-refractivity contribution in [3.05, 3.63) is 28.3 Å². The molecule has 0 aromatic heterocycles. The number of sulfonamides is 1. The summed E-state index contributed by atoms with van der Waals surface area (Å²) in [6.07, 6.45) is 3.89. The maximum absolute atomic E-state index is 12.8. The van der Waals surface area contributed by atoms with Crippen LogP contribution in [0.15, 0.2) is 23.1 Å². The van der Waals surface area contributed by atoms with Crippen molar-refractivity contribution >= 4 is 21.4 Å². The lowest BCUT2D eigenvalue weighted by Crippen LogP contribution is -2.37. The molecule has 2 fully saturated rings. The van der Waals surface area contributed by atoms with Gasteiger partial charge in [0.05, 0.1) is 9.82 Å². The van der Waals surface area contributed by atoms with Crippen LogP contribution in [0.3, 0.4) is 0 Å². The number of nitro benzene ring substituents is 1. The van der Waals surface area contributed by atoms with E-state index in [1.54, 1.807) is 0 Å². The lowest BCUT2D eigenvalue weighted by Gasteiger charge is -2.29. The molecule has 0 spiro atoms. The highest BCUT2D eigenvalue weighted by Gasteiger charge is 2.32. The smallest absolute Gasteiger partial charge is 0.293 e. The molecule has 7 nitrogen and oxygen atoms in total. The van der Waals surface area contributed by atoms with Crippen molar-refractivity contribution < 1.29 is 13.3 Å². The largest absolute Gasteiger partial charge is 0.377 e. The monoisotopic (exact) mass is 367 g/mol. The topological polar surface area (TPSA) is 92.6 Å². The van der Waals surface area contributed by atoms with Crippen LogP contribution in [-0.2, 0) is 10.0 Å². The van der Waals surface area contributed by atoms with E-state index in [2.05, 4.69) is 12.2 Å². The lowest BCUT2D eigenvalue weighted by atomic mass is 10.0. The SMILES string of the molecule is CC1CCN(S(=O)(=O)c2ccc(N[C@@H](C)C3CC3)c([N+](=O)[O-])c2)CC1. The molecule has 1 aromatic carbocycles. The standard InChI is InChI=1S/C17H25N3O4S/c1-12-7-9-19(10-8-12)25(23,24)15-5-6-16(17(11-15)20(21)22)18-13(2)14-3-4-14/h5-6,11-14,18H,3-4,7-10H2,1-2H3/t13-/m0/s1.